The molecule has 0 atom stereocenters. The number of hydrogen-bond acceptors (Lipinski definition) is 2. The first-order chi connectivity index (χ1) is 9.88. The van der Waals surface area contributed by atoms with Crippen LogP contribution in [0.3, 0.4) is 0 Å². The molecule has 3 aliphatic rings. The van der Waals surface area contributed by atoms with Crippen molar-refractivity contribution >= 4 is 11.9 Å². The van der Waals surface area contributed by atoms with Gasteiger partial charge in [-0.1, -0.05) is 6.92 Å². The SMILES string of the molecule is CC1CC(C(=O)N2CCC3(CC(NC(=O)N(C)C)C3)C2)C1. The Bertz CT molecular complexity index is 437. The molecular formula is C16H27N3O2. The van der Waals surface area contributed by atoms with Crippen molar-refractivity contribution in [1.82, 2.24) is 15.1 Å². The summed E-state index contributed by atoms with van der Waals surface area (Å²) in [5, 5.41) is 3.05. The molecule has 0 aromatic carbocycles. The number of carbonyl (C=O) groups is 2. The highest BCUT2D eigenvalue weighted by molar-refractivity contribution is 5.80. The maximum atomic E-state index is 12.4. The van der Waals surface area contributed by atoms with Crippen molar-refractivity contribution in [1.29, 1.82) is 0 Å². The fraction of sp³-hybridized carbons (Fsp3) is 0.875. The Kier molecular flexibility index (Phi) is 3.62. The second kappa shape index (κ2) is 5.18. The minimum absolute atomic E-state index is 0.00997. The molecule has 0 unspecified atom stereocenters. The van der Waals surface area contributed by atoms with E-state index in [2.05, 4.69) is 17.1 Å². The lowest BCUT2D eigenvalue weighted by atomic mass is 9.65. The van der Waals surface area contributed by atoms with Crippen molar-refractivity contribution < 1.29 is 9.59 Å². The van der Waals surface area contributed by atoms with Crippen LogP contribution in [0.15, 0.2) is 0 Å². The number of urea groups is 1. The summed E-state index contributed by atoms with van der Waals surface area (Å²) in [6, 6.07) is 0.280. The second-order valence-corrected chi connectivity index (χ2v) is 7.73. The summed E-state index contributed by atoms with van der Waals surface area (Å²) in [6.45, 7) is 4.04. The van der Waals surface area contributed by atoms with Crippen LogP contribution in [0.25, 0.3) is 0 Å². The van der Waals surface area contributed by atoms with Crippen LogP contribution < -0.4 is 5.32 Å². The van der Waals surface area contributed by atoms with Crippen molar-refractivity contribution in [2.45, 2.75) is 45.1 Å². The number of likely N-dealkylation sites (tertiary alicyclic amines) is 1. The molecule has 118 valence electrons. The van der Waals surface area contributed by atoms with Crippen molar-refractivity contribution in [2.24, 2.45) is 17.3 Å². The number of nitrogens with one attached hydrogen (secondary N) is 1. The van der Waals surface area contributed by atoms with Crippen LogP contribution in [0.4, 0.5) is 4.79 Å². The number of rotatable bonds is 2. The van der Waals surface area contributed by atoms with Gasteiger partial charge in [0.15, 0.2) is 0 Å². The molecule has 3 rings (SSSR count). The van der Waals surface area contributed by atoms with Crippen LogP contribution in [0.5, 0.6) is 0 Å². The standard InChI is InChI=1S/C16H27N3O2/c1-11-6-12(7-11)14(20)19-5-4-16(10-19)8-13(9-16)17-15(21)18(2)3/h11-13H,4-10H2,1-3H3,(H,17,21). The molecule has 0 aromatic rings. The third-order valence-corrected chi connectivity index (χ3v) is 5.57. The number of amides is 3. The van der Waals surface area contributed by atoms with Crippen LogP contribution in [0.1, 0.15) is 39.0 Å². The third-order valence-electron chi connectivity index (χ3n) is 5.57. The molecule has 1 saturated heterocycles. The van der Waals surface area contributed by atoms with Gasteiger partial charge in [-0.3, -0.25) is 4.79 Å². The molecule has 5 heteroatoms. The molecule has 3 amide bonds. The van der Waals surface area contributed by atoms with E-state index in [-0.39, 0.29) is 11.4 Å². The molecule has 3 fully saturated rings. The molecule has 2 aliphatic carbocycles. The average Bonchev–Trinajstić information content (AvgIpc) is 2.78. The Morgan fingerprint density at radius 2 is 1.90 bits per heavy atom. The third kappa shape index (κ3) is 2.74. The fourth-order valence-electron chi connectivity index (χ4n) is 4.21. The number of hydrogen-bond donors (Lipinski definition) is 1. The minimum atomic E-state index is -0.00997. The van der Waals surface area contributed by atoms with Gasteiger partial charge in [-0.05, 0) is 43.4 Å². The van der Waals surface area contributed by atoms with E-state index in [1.165, 1.54) is 0 Å². The van der Waals surface area contributed by atoms with Gasteiger partial charge >= 0.3 is 6.03 Å². The van der Waals surface area contributed by atoms with Gasteiger partial charge in [0.05, 0.1) is 0 Å². The van der Waals surface area contributed by atoms with E-state index in [4.69, 9.17) is 0 Å². The molecule has 1 aliphatic heterocycles. The zero-order valence-corrected chi connectivity index (χ0v) is 13.4. The second-order valence-electron chi connectivity index (χ2n) is 7.73. The Balaban J connectivity index is 1.46. The highest BCUT2D eigenvalue weighted by Crippen LogP contribution is 2.49. The Morgan fingerprint density at radius 3 is 2.48 bits per heavy atom. The zero-order valence-electron chi connectivity index (χ0n) is 13.4. The van der Waals surface area contributed by atoms with Gasteiger partial charge in [0.25, 0.3) is 0 Å². The van der Waals surface area contributed by atoms with Gasteiger partial charge in [-0.15, -0.1) is 0 Å². The quantitative estimate of drug-likeness (QED) is 0.842. The Hall–Kier alpha value is -1.26. The van der Waals surface area contributed by atoms with Gasteiger partial charge in [0.2, 0.25) is 5.91 Å². The topological polar surface area (TPSA) is 52.7 Å². The molecular weight excluding hydrogens is 266 g/mol. The highest BCUT2D eigenvalue weighted by Gasteiger charge is 2.50. The number of nitrogens with zero attached hydrogens (tertiary/aromatic N) is 2. The first-order valence-corrected chi connectivity index (χ1v) is 8.15. The summed E-state index contributed by atoms with van der Waals surface area (Å²) in [5.41, 5.74) is 0.287. The van der Waals surface area contributed by atoms with E-state index >= 15 is 0 Å². The molecule has 0 radical (unpaired) electrons. The van der Waals surface area contributed by atoms with Crippen LogP contribution in [0.2, 0.25) is 0 Å². The van der Waals surface area contributed by atoms with Crippen LogP contribution in [0, 0.1) is 17.3 Å². The zero-order chi connectivity index (χ0) is 15.2. The van der Waals surface area contributed by atoms with Crippen LogP contribution >= 0.6 is 0 Å². The molecule has 1 heterocycles. The predicted molar refractivity (Wildman–Crippen MR) is 80.8 cm³/mol. The largest absolute Gasteiger partial charge is 0.342 e. The number of carbonyl (C=O) groups excluding carboxylic acids is 2. The first-order valence-electron chi connectivity index (χ1n) is 8.15. The van der Waals surface area contributed by atoms with Gasteiger partial charge < -0.3 is 15.1 Å². The van der Waals surface area contributed by atoms with Crippen molar-refractivity contribution in [3.05, 3.63) is 0 Å². The molecule has 2 saturated carbocycles. The normalized spacial score (nSPS) is 37.9. The fourth-order valence-corrected chi connectivity index (χ4v) is 4.21. The lowest BCUT2D eigenvalue weighted by Crippen LogP contribution is -2.54. The maximum absolute atomic E-state index is 12.4. The molecule has 1 spiro atoms. The van der Waals surface area contributed by atoms with E-state index in [0.29, 0.717) is 17.9 Å². The summed E-state index contributed by atoms with van der Waals surface area (Å²) in [5.74, 6) is 1.40. The molecule has 1 N–H and O–H groups in total. The smallest absolute Gasteiger partial charge is 0.317 e. The Labute approximate surface area is 127 Å². The van der Waals surface area contributed by atoms with Crippen LogP contribution in [-0.2, 0) is 4.79 Å². The van der Waals surface area contributed by atoms with E-state index in [1.807, 2.05) is 0 Å². The Morgan fingerprint density at radius 1 is 1.24 bits per heavy atom. The van der Waals surface area contributed by atoms with Crippen LogP contribution in [-0.4, -0.2) is 55.0 Å². The van der Waals surface area contributed by atoms with Gasteiger partial charge in [-0.25, -0.2) is 4.79 Å². The highest BCUT2D eigenvalue weighted by atomic mass is 16.2. The lowest BCUT2D eigenvalue weighted by Gasteiger charge is -2.46. The van der Waals surface area contributed by atoms with Gasteiger partial charge in [0.1, 0.15) is 0 Å². The van der Waals surface area contributed by atoms with Gasteiger partial charge in [-0.2, -0.15) is 0 Å². The lowest BCUT2D eigenvalue weighted by molar-refractivity contribution is -0.139. The summed E-state index contributed by atoms with van der Waals surface area (Å²) in [7, 11) is 3.53. The molecule has 0 bridgehead atoms. The van der Waals surface area contributed by atoms with Gasteiger partial charge in [0, 0.05) is 39.1 Å². The first kappa shape index (κ1) is 14.7. The van der Waals surface area contributed by atoms with Crippen molar-refractivity contribution in [3.63, 3.8) is 0 Å². The van der Waals surface area contributed by atoms with E-state index in [9.17, 15) is 9.59 Å². The molecule has 0 aromatic heterocycles. The predicted octanol–water partition coefficient (Wildman–Crippen LogP) is 1.68. The van der Waals surface area contributed by atoms with E-state index in [1.54, 1.807) is 19.0 Å². The monoisotopic (exact) mass is 293 g/mol. The van der Waals surface area contributed by atoms with E-state index < -0.39 is 0 Å². The summed E-state index contributed by atoms with van der Waals surface area (Å²) < 4.78 is 0. The van der Waals surface area contributed by atoms with Crippen molar-refractivity contribution in [2.75, 3.05) is 27.2 Å². The molecule has 5 nitrogen and oxygen atoms in total. The summed E-state index contributed by atoms with van der Waals surface area (Å²) in [4.78, 5) is 27.7. The maximum Gasteiger partial charge on any atom is 0.317 e. The summed E-state index contributed by atoms with van der Waals surface area (Å²) >= 11 is 0. The average molecular weight is 293 g/mol. The summed E-state index contributed by atoms with van der Waals surface area (Å²) in [6.07, 6.45) is 5.30. The van der Waals surface area contributed by atoms with E-state index in [0.717, 1.165) is 51.1 Å². The minimum Gasteiger partial charge on any atom is -0.342 e. The van der Waals surface area contributed by atoms with Crippen molar-refractivity contribution in [3.8, 4) is 0 Å². The molecule has 21 heavy (non-hydrogen) atoms.